The standard InChI is InChI=1S/C20H22N2O4S2/c1-4-26-20(23)17-13-27-19(21-17)12-22(14(2)3)28(24,25)18-11-7-9-15-8-5-6-10-16(15)18/h5-11,13-14H,4,12H2,1-3H3. The van der Waals surface area contributed by atoms with Crippen LogP contribution in [0.2, 0.25) is 0 Å². The minimum atomic E-state index is -3.76. The van der Waals surface area contributed by atoms with Gasteiger partial charge in [0.2, 0.25) is 10.0 Å². The van der Waals surface area contributed by atoms with Crippen molar-refractivity contribution in [1.29, 1.82) is 0 Å². The Balaban J connectivity index is 1.96. The molecule has 0 saturated carbocycles. The van der Waals surface area contributed by atoms with Crippen LogP contribution in [0.1, 0.15) is 36.3 Å². The number of ether oxygens (including phenoxy) is 1. The molecule has 0 unspecified atom stereocenters. The van der Waals surface area contributed by atoms with Crippen molar-refractivity contribution in [3.05, 3.63) is 58.5 Å². The first-order valence-corrected chi connectivity index (χ1v) is 11.3. The highest BCUT2D eigenvalue weighted by Crippen LogP contribution is 2.28. The molecule has 0 aliphatic carbocycles. The molecule has 0 atom stereocenters. The van der Waals surface area contributed by atoms with Gasteiger partial charge in [-0.25, -0.2) is 18.2 Å². The second-order valence-electron chi connectivity index (χ2n) is 6.47. The summed E-state index contributed by atoms with van der Waals surface area (Å²) in [5.41, 5.74) is 0.202. The summed E-state index contributed by atoms with van der Waals surface area (Å²) in [6.07, 6.45) is 0. The molecule has 0 spiro atoms. The van der Waals surface area contributed by atoms with Crippen LogP contribution in [0.3, 0.4) is 0 Å². The minimum Gasteiger partial charge on any atom is -0.461 e. The molecule has 1 aromatic heterocycles. The molecule has 8 heteroatoms. The van der Waals surface area contributed by atoms with Crippen LogP contribution in [-0.4, -0.2) is 36.3 Å². The zero-order chi connectivity index (χ0) is 20.3. The molecule has 2 aromatic carbocycles. The van der Waals surface area contributed by atoms with Crippen LogP contribution in [-0.2, 0) is 21.3 Å². The molecule has 0 radical (unpaired) electrons. The zero-order valence-corrected chi connectivity index (χ0v) is 17.6. The van der Waals surface area contributed by atoms with Gasteiger partial charge in [-0.05, 0) is 32.2 Å². The van der Waals surface area contributed by atoms with Gasteiger partial charge in [0.1, 0.15) is 5.01 Å². The number of carbonyl (C=O) groups excluding carboxylic acids is 1. The number of rotatable bonds is 7. The number of hydrogen-bond acceptors (Lipinski definition) is 6. The third-order valence-corrected chi connectivity index (χ3v) is 7.15. The number of aromatic nitrogens is 1. The number of sulfonamides is 1. The molecule has 0 N–H and O–H groups in total. The van der Waals surface area contributed by atoms with Crippen LogP contribution in [0.5, 0.6) is 0 Å². The summed E-state index contributed by atoms with van der Waals surface area (Å²) in [6.45, 7) is 5.72. The van der Waals surface area contributed by atoms with Crippen molar-refractivity contribution >= 4 is 38.1 Å². The van der Waals surface area contributed by atoms with E-state index >= 15 is 0 Å². The van der Waals surface area contributed by atoms with Crippen molar-refractivity contribution < 1.29 is 17.9 Å². The van der Waals surface area contributed by atoms with Gasteiger partial charge in [0.05, 0.1) is 18.0 Å². The molecule has 0 aliphatic heterocycles. The van der Waals surface area contributed by atoms with Crippen LogP contribution in [0, 0.1) is 0 Å². The predicted molar refractivity (Wildman–Crippen MR) is 110 cm³/mol. The van der Waals surface area contributed by atoms with E-state index in [-0.39, 0.29) is 29.8 Å². The van der Waals surface area contributed by atoms with Crippen molar-refractivity contribution in [2.75, 3.05) is 6.61 Å². The normalized spacial score (nSPS) is 12.0. The topological polar surface area (TPSA) is 76.6 Å². The third-order valence-electron chi connectivity index (χ3n) is 4.24. The van der Waals surface area contributed by atoms with E-state index in [4.69, 9.17) is 4.74 Å². The van der Waals surface area contributed by atoms with Crippen molar-refractivity contribution in [1.82, 2.24) is 9.29 Å². The molecule has 1 heterocycles. The predicted octanol–water partition coefficient (Wildman–Crippen LogP) is 4.07. The molecule has 148 valence electrons. The van der Waals surface area contributed by atoms with Crippen molar-refractivity contribution in [3.63, 3.8) is 0 Å². The lowest BCUT2D eigenvalue weighted by Gasteiger charge is -2.25. The summed E-state index contributed by atoms with van der Waals surface area (Å²) in [5.74, 6) is -0.502. The Hall–Kier alpha value is -2.29. The summed E-state index contributed by atoms with van der Waals surface area (Å²) in [6, 6.07) is 12.4. The fraction of sp³-hybridized carbons (Fsp3) is 0.300. The molecule has 0 aliphatic rings. The molecule has 6 nitrogen and oxygen atoms in total. The average Bonchev–Trinajstić information content (AvgIpc) is 3.14. The monoisotopic (exact) mass is 418 g/mol. The maximum atomic E-state index is 13.4. The Morgan fingerprint density at radius 3 is 2.61 bits per heavy atom. The highest BCUT2D eigenvalue weighted by atomic mass is 32.2. The summed E-state index contributed by atoms with van der Waals surface area (Å²) >= 11 is 1.25. The van der Waals surface area contributed by atoms with E-state index in [9.17, 15) is 13.2 Å². The lowest BCUT2D eigenvalue weighted by atomic mass is 10.1. The van der Waals surface area contributed by atoms with Crippen LogP contribution < -0.4 is 0 Å². The summed E-state index contributed by atoms with van der Waals surface area (Å²) in [5, 5.41) is 3.69. The zero-order valence-electron chi connectivity index (χ0n) is 16.0. The summed E-state index contributed by atoms with van der Waals surface area (Å²) in [4.78, 5) is 16.4. The summed E-state index contributed by atoms with van der Waals surface area (Å²) < 4.78 is 33.3. The second-order valence-corrected chi connectivity index (χ2v) is 9.27. The van der Waals surface area contributed by atoms with Crippen LogP contribution in [0.15, 0.2) is 52.7 Å². The second kappa shape index (κ2) is 8.38. The number of hydrogen-bond donors (Lipinski definition) is 0. The Morgan fingerprint density at radius 1 is 1.18 bits per heavy atom. The Bertz CT molecular complexity index is 1090. The van der Waals surface area contributed by atoms with Gasteiger partial charge in [-0.3, -0.25) is 0 Å². The van der Waals surface area contributed by atoms with Gasteiger partial charge >= 0.3 is 5.97 Å². The Kier molecular flexibility index (Phi) is 6.12. The van der Waals surface area contributed by atoms with Gasteiger partial charge in [-0.2, -0.15) is 4.31 Å². The van der Waals surface area contributed by atoms with E-state index in [1.807, 2.05) is 44.2 Å². The van der Waals surface area contributed by atoms with Crippen molar-refractivity contribution in [2.45, 2.75) is 38.3 Å². The molecule has 28 heavy (non-hydrogen) atoms. The van der Waals surface area contributed by atoms with Gasteiger partial charge in [0, 0.05) is 16.8 Å². The van der Waals surface area contributed by atoms with E-state index in [0.717, 1.165) is 5.39 Å². The smallest absolute Gasteiger partial charge is 0.357 e. The molecule has 3 rings (SSSR count). The van der Waals surface area contributed by atoms with Crippen molar-refractivity contribution in [3.8, 4) is 0 Å². The van der Waals surface area contributed by atoms with Crippen molar-refractivity contribution in [2.24, 2.45) is 0 Å². The number of esters is 1. The Labute approximate surface area is 168 Å². The fourth-order valence-electron chi connectivity index (χ4n) is 2.91. The first-order chi connectivity index (χ1) is 13.3. The number of benzene rings is 2. The minimum absolute atomic E-state index is 0.0906. The summed E-state index contributed by atoms with van der Waals surface area (Å²) in [7, 11) is -3.76. The van der Waals surface area contributed by atoms with Crippen LogP contribution >= 0.6 is 11.3 Å². The Morgan fingerprint density at radius 2 is 1.89 bits per heavy atom. The first-order valence-electron chi connectivity index (χ1n) is 8.95. The molecular weight excluding hydrogens is 396 g/mol. The number of nitrogens with zero attached hydrogens (tertiary/aromatic N) is 2. The highest BCUT2D eigenvalue weighted by Gasteiger charge is 2.29. The molecule has 0 saturated heterocycles. The van der Waals surface area contributed by atoms with E-state index < -0.39 is 16.0 Å². The largest absolute Gasteiger partial charge is 0.461 e. The van der Waals surface area contributed by atoms with Gasteiger partial charge in [0.25, 0.3) is 0 Å². The van der Waals surface area contributed by atoms with Crippen LogP contribution in [0.4, 0.5) is 0 Å². The van der Waals surface area contributed by atoms with E-state index in [1.54, 1.807) is 24.4 Å². The highest BCUT2D eigenvalue weighted by molar-refractivity contribution is 7.89. The number of thiazole rings is 1. The molecule has 0 bridgehead atoms. The molecule has 0 fully saturated rings. The lowest BCUT2D eigenvalue weighted by Crippen LogP contribution is -2.36. The quantitative estimate of drug-likeness (QED) is 0.541. The first kappa shape index (κ1) is 20.4. The van der Waals surface area contributed by atoms with E-state index in [2.05, 4.69) is 4.98 Å². The maximum Gasteiger partial charge on any atom is 0.357 e. The molecular formula is C20H22N2O4S2. The van der Waals surface area contributed by atoms with E-state index in [1.165, 1.54) is 15.6 Å². The molecule has 3 aromatic rings. The van der Waals surface area contributed by atoms with Gasteiger partial charge in [0.15, 0.2) is 5.69 Å². The van der Waals surface area contributed by atoms with Gasteiger partial charge < -0.3 is 4.74 Å². The third kappa shape index (κ3) is 4.09. The SMILES string of the molecule is CCOC(=O)c1csc(CN(C(C)C)S(=O)(=O)c2cccc3ccccc23)n1. The molecule has 0 amide bonds. The van der Waals surface area contributed by atoms with Gasteiger partial charge in [-0.15, -0.1) is 11.3 Å². The lowest BCUT2D eigenvalue weighted by molar-refractivity contribution is 0.0520. The van der Waals surface area contributed by atoms with E-state index in [0.29, 0.717) is 10.4 Å². The fourth-order valence-corrected chi connectivity index (χ4v) is 5.56. The average molecular weight is 419 g/mol. The van der Waals surface area contributed by atoms with Crippen LogP contribution in [0.25, 0.3) is 10.8 Å². The number of fused-ring (bicyclic) bond motifs is 1. The number of carbonyl (C=O) groups is 1. The maximum absolute atomic E-state index is 13.4. The van der Waals surface area contributed by atoms with Gasteiger partial charge in [-0.1, -0.05) is 36.4 Å².